The molecule has 0 bridgehead atoms. The standard InChI is InChI=1S/C14H19N3S/c1-11(2)9-15-10-12-3-5-13(6-4-12)18-14-16-7-8-17-14/h3-8,11,15H,9-10H2,1-2H3,(H,16,17). The smallest absolute Gasteiger partial charge is 0.170 e. The number of nitrogens with one attached hydrogen (secondary N) is 2. The number of benzene rings is 1. The summed E-state index contributed by atoms with van der Waals surface area (Å²) in [5.74, 6) is 0.693. The Kier molecular flexibility index (Phi) is 4.84. The van der Waals surface area contributed by atoms with Crippen LogP contribution in [0.3, 0.4) is 0 Å². The number of nitrogens with zero attached hydrogens (tertiary/aromatic N) is 1. The van der Waals surface area contributed by atoms with Gasteiger partial charge in [0.2, 0.25) is 0 Å². The summed E-state index contributed by atoms with van der Waals surface area (Å²) in [7, 11) is 0. The van der Waals surface area contributed by atoms with E-state index in [2.05, 4.69) is 53.4 Å². The van der Waals surface area contributed by atoms with Crippen molar-refractivity contribution in [2.24, 2.45) is 5.92 Å². The predicted molar refractivity (Wildman–Crippen MR) is 75.7 cm³/mol. The summed E-state index contributed by atoms with van der Waals surface area (Å²) in [4.78, 5) is 8.49. The lowest BCUT2D eigenvalue weighted by Gasteiger charge is -2.07. The van der Waals surface area contributed by atoms with Crippen LogP contribution < -0.4 is 5.32 Å². The molecule has 3 nitrogen and oxygen atoms in total. The van der Waals surface area contributed by atoms with Crippen LogP contribution in [0.4, 0.5) is 0 Å². The van der Waals surface area contributed by atoms with Crippen molar-refractivity contribution >= 4 is 11.8 Å². The van der Waals surface area contributed by atoms with Crippen LogP contribution in [-0.2, 0) is 6.54 Å². The molecule has 18 heavy (non-hydrogen) atoms. The molecule has 0 saturated heterocycles. The topological polar surface area (TPSA) is 40.7 Å². The van der Waals surface area contributed by atoms with Crippen LogP contribution >= 0.6 is 11.8 Å². The largest absolute Gasteiger partial charge is 0.339 e. The molecule has 0 radical (unpaired) electrons. The van der Waals surface area contributed by atoms with E-state index in [1.807, 2.05) is 6.20 Å². The molecular formula is C14H19N3S. The van der Waals surface area contributed by atoms with Gasteiger partial charge >= 0.3 is 0 Å². The van der Waals surface area contributed by atoms with Crippen LogP contribution in [0.15, 0.2) is 46.7 Å². The Morgan fingerprint density at radius 3 is 2.67 bits per heavy atom. The first-order valence-electron chi connectivity index (χ1n) is 6.21. The summed E-state index contributed by atoms with van der Waals surface area (Å²) in [6, 6.07) is 8.61. The molecule has 1 aromatic heterocycles. The van der Waals surface area contributed by atoms with Crippen molar-refractivity contribution in [2.45, 2.75) is 30.4 Å². The first-order chi connectivity index (χ1) is 8.74. The Hall–Kier alpha value is -1.26. The Morgan fingerprint density at radius 2 is 2.06 bits per heavy atom. The van der Waals surface area contributed by atoms with E-state index in [1.165, 1.54) is 10.5 Å². The highest BCUT2D eigenvalue weighted by atomic mass is 32.2. The zero-order valence-corrected chi connectivity index (χ0v) is 11.6. The monoisotopic (exact) mass is 261 g/mol. The van der Waals surface area contributed by atoms with Crippen molar-refractivity contribution in [3.63, 3.8) is 0 Å². The highest BCUT2D eigenvalue weighted by Gasteiger charge is 2.00. The molecule has 0 aliphatic heterocycles. The maximum absolute atomic E-state index is 4.20. The average molecular weight is 261 g/mol. The molecule has 0 amide bonds. The molecule has 0 saturated carbocycles. The fraction of sp³-hybridized carbons (Fsp3) is 0.357. The first-order valence-corrected chi connectivity index (χ1v) is 7.02. The van der Waals surface area contributed by atoms with Gasteiger partial charge in [0, 0.05) is 23.8 Å². The van der Waals surface area contributed by atoms with E-state index >= 15 is 0 Å². The van der Waals surface area contributed by atoms with Gasteiger partial charge < -0.3 is 10.3 Å². The van der Waals surface area contributed by atoms with E-state index in [4.69, 9.17) is 0 Å². The van der Waals surface area contributed by atoms with Gasteiger partial charge in [0.1, 0.15) is 0 Å². The van der Waals surface area contributed by atoms with Crippen molar-refractivity contribution in [1.29, 1.82) is 0 Å². The molecule has 1 heterocycles. The molecule has 0 aliphatic carbocycles. The van der Waals surface area contributed by atoms with Gasteiger partial charge in [-0.3, -0.25) is 0 Å². The Bertz CT molecular complexity index is 448. The Morgan fingerprint density at radius 1 is 1.28 bits per heavy atom. The normalized spacial score (nSPS) is 11.1. The number of aromatic amines is 1. The first kappa shape index (κ1) is 13.2. The second kappa shape index (κ2) is 6.61. The summed E-state index contributed by atoms with van der Waals surface area (Å²) in [5, 5.41) is 4.37. The molecule has 2 rings (SSSR count). The third kappa shape index (κ3) is 4.20. The van der Waals surface area contributed by atoms with Crippen LogP contribution in [0.1, 0.15) is 19.4 Å². The molecule has 0 spiro atoms. The molecular weight excluding hydrogens is 242 g/mol. The lowest BCUT2D eigenvalue weighted by atomic mass is 10.2. The third-order valence-corrected chi connectivity index (χ3v) is 3.42. The van der Waals surface area contributed by atoms with Crippen LogP contribution in [0.5, 0.6) is 0 Å². The number of imidazole rings is 1. The second-order valence-corrected chi connectivity index (χ2v) is 5.73. The number of aromatic nitrogens is 2. The van der Waals surface area contributed by atoms with Crippen molar-refractivity contribution in [3.8, 4) is 0 Å². The van der Waals surface area contributed by atoms with E-state index < -0.39 is 0 Å². The molecule has 2 aromatic rings. The van der Waals surface area contributed by atoms with Crippen LogP contribution in [0, 0.1) is 5.92 Å². The summed E-state index contributed by atoms with van der Waals surface area (Å²) in [6.45, 7) is 6.43. The molecule has 0 fully saturated rings. The summed E-state index contributed by atoms with van der Waals surface area (Å²) in [6.07, 6.45) is 3.61. The van der Waals surface area contributed by atoms with Crippen LogP contribution in [0.25, 0.3) is 0 Å². The van der Waals surface area contributed by atoms with Crippen LogP contribution in [-0.4, -0.2) is 16.5 Å². The molecule has 0 atom stereocenters. The number of hydrogen-bond donors (Lipinski definition) is 2. The van der Waals surface area contributed by atoms with Gasteiger partial charge in [-0.15, -0.1) is 0 Å². The minimum absolute atomic E-state index is 0.693. The molecule has 0 aliphatic rings. The fourth-order valence-electron chi connectivity index (χ4n) is 1.60. The second-order valence-electron chi connectivity index (χ2n) is 4.67. The van der Waals surface area contributed by atoms with E-state index in [1.54, 1.807) is 18.0 Å². The fourth-order valence-corrected chi connectivity index (χ4v) is 2.33. The van der Waals surface area contributed by atoms with Gasteiger partial charge in [0.15, 0.2) is 5.16 Å². The van der Waals surface area contributed by atoms with E-state index in [9.17, 15) is 0 Å². The predicted octanol–water partition coefficient (Wildman–Crippen LogP) is 3.31. The molecule has 1 aromatic carbocycles. The van der Waals surface area contributed by atoms with E-state index in [0.29, 0.717) is 5.92 Å². The van der Waals surface area contributed by atoms with Crippen molar-refractivity contribution < 1.29 is 0 Å². The Labute approximate surface area is 112 Å². The quantitative estimate of drug-likeness (QED) is 0.838. The van der Waals surface area contributed by atoms with Gasteiger partial charge in [-0.25, -0.2) is 4.98 Å². The number of rotatable bonds is 6. The van der Waals surface area contributed by atoms with Gasteiger partial charge in [-0.2, -0.15) is 0 Å². The summed E-state index contributed by atoms with van der Waals surface area (Å²) < 4.78 is 0. The lowest BCUT2D eigenvalue weighted by Crippen LogP contribution is -2.18. The van der Waals surface area contributed by atoms with Gasteiger partial charge in [0.05, 0.1) is 0 Å². The van der Waals surface area contributed by atoms with Crippen molar-refractivity contribution in [2.75, 3.05) is 6.54 Å². The maximum atomic E-state index is 4.20. The molecule has 96 valence electrons. The Balaban J connectivity index is 1.85. The minimum atomic E-state index is 0.693. The zero-order valence-electron chi connectivity index (χ0n) is 10.8. The molecule has 0 unspecified atom stereocenters. The minimum Gasteiger partial charge on any atom is -0.339 e. The number of hydrogen-bond acceptors (Lipinski definition) is 3. The van der Waals surface area contributed by atoms with Gasteiger partial charge in [-0.05, 0) is 30.2 Å². The van der Waals surface area contributed by atoms with E-state index in [0.717, 1.165) is 18.2 Å². The van der Waals surface area contributed by atoms with Crippen molar-refractivity contribution in [3.05, 3.63) is 42.2 Å². The summed E-state index contributed by atoms with van der Waals surface area (Å²) >= 11 is 1.64. The van der Waals surface area contributed by atoms with Gasteiger partial charge in [0.25, 0.3) is 0 Å². The zero-order chi connectivity index (χ0) is 12.8. The van der Waals surface area contributed by atoms with Crippen LogP contribution in [0.2, 0.25) is 0 Å². The van der Waals surface area contributed by atoms with Gasteiger partial charge in [-0.1, -0.05) is 37.7 Å². The molecule has 4 heteroatoms. The maximum Gasteiger partial charge on any atom is 0.170 e. The third-order valence-electron chi connectivity index (χ3n) is 2.49. The number of H-pyrrole nitrogens is 1. The molecule has 2 N–H and O–H groups in total. The highest BCUT2D eigenvalue weighted by molar-refractivity contribution is 7.99. The van der Waals surface area contributed by atoms with E-state index in [-0.39, 0.29) is 0 Å². The lowest BCUT2D eigenvalue weighted by molar-refractivity contribution is 0.552. The summed E-state index contributed by atoms with van der Waals surface area (Å²) in [5.41, 5.74) is 1.32. The average Bonchev–Trinajstić information content (AvgIpc) is 2.84. The highest BCUT2D eigenvalue weighted by Crippen LogP contribution is 2.24. The van der Waals surface area contributed by atoms with Crippen molar-refractivity contribution in [1.82, 2.24) is 15.3 Å². The SMILES string of the molecule is CC(C)CNCc1ccc(Sc2ncc[nH]2)cc1.